The molecule has 0 aliphatic carbocycles. The number of hydrogen-bond donors (Lipinski definition) is 1. The minimum absolute atomic E-state index is 0.117. The molecule has 26 heavy (non-hydrogen) atoms. The van der Waals surface area contributed by atoms with Crippen LogP contribution in [0.2, 0.25) is 0 Å². The van der Waals surface area contributed by atoms with Crippen LogP contribution in [0.1, 0.15) is 28.4 Å². The van der Waals surface area contributed by atoms with Crippen molar-refractivity contribution in [2.24, 2.45) is 0 Å². The van der Waals surface area contributed by atoms with Crippen LogP contribution >= 0.6 is 0 Å². The molecule has 0 aromatic heterocycles. The molecule has 2 aromatic rings. The van der Waals surface area contributed by atoms with Crippen LogP contribution in [0, 0.1) is 13.8 Å². The third-order valence-electron chi connectivity index (χ3n) is 4.02. The van der Waals surface area contributed by atoms with Crippen molar-refractivity contribution in [1.82, 2.24) is 0 Å². The average molecular weight is 374 g/mol. The second kappa shape index (κ2) is 7.70. The van der Waals surface area contributed by atoms with Crippen LogP contribution in [0.15, 0.2) is 42.5 Å². The molecule has 138 valence electrons. The third-order valence-corrected chi connectivity index (χ3v) is 5.16. The fourth-order valence-electron chi connectivity index (χ4n) is 2.43. The highest BCUT2D eigenvalue weighted by Gasteiger charge is 2.21. The van der Waals surface area contributed by atoms with Crippen molar-refractivity contribution in [2.45, 2.75) is 20.8 Å². The van der Waals surface area contributed by atoms with E-state index in [-0.39, 0.29) is 12.3 Å². The number of benzene rings is 2. The van der Waals surface area contributed by atoms with E-state index >= 15 is 0 Å². The zero-order valence-corrected chi connectivity index (χ0v) is 16.1. The van der Waals surface area contributed by atoms with Crippen molar-refractivity contribution >= 4 is 33.1 Å². The van der Waals surface area contributed by atoms with Crippen LogP contribution in [-0.2, 0) is 14.8 Å². The van der Waals surface area contributed by atoms with Gasteiger partial charge in [0.1, 0.15) is 6.54 Å². The Balaban J connectivity index is 2.23. The highest BCUT2D eigenvalue weighted by atomic mass is 32.2. The number of nitrogens with one attached hydrogen (secondary N) is 1. The minimum atomic E-state index is -3.64. The van der Waals surface area contributed by atoms with Gasteiger partial charge in [-0.1, -0.05) is 18.2 Å². The molecule has 0 spiro atoms. The van der Waals surface area contributed by atoms with Crippen LogP contribution in [0.3, 0.4) is 0 Å². The van der Waals surface area contributed by atoms with Gasteiger partial charge in [-0.25, -0.2) is 8.42 Å². The molecule has 0 heterocycles. The molecule has 1 N–H and O–H groups in total. The smallest absolute Gasteiger partial charge is 0.245 e. The van der Waals surface area contributed by atoms with Crippen LogP contribution in [0.25, 0.3) is 0 Å². The van der Waals surface area contributed by atoms with Crippen LogP contribution in [0.5, 0.6) is 0 Å². The summed E-state index contributed by atoms with van der Waals surface area (Å²) < 4.78 is 25.4. The first-order valence-electron chi connectivity index (χ1n) is 8.04. The van der Waals surface area contributed by atoms with Crippen molar-refractivity contribution in [1.29, 1.82) is 0 Å². The minimum Gasteiger partial charge on any atom is -0.324 e. The number of aryl methyl sites for hydroxylation is 2. The van der Waals surface area contributed by atoms with Gasteiger partial charge in [-0.3, -0.25) is 13.9 Å². The lowest BCUT2D eigenvalue weighted by molar-refractivity contribution is -0.114. The second-order valence-electron chi connectivity index (χ2n) is 6.22. The van der Waals surface area contributed by atoms with Gasteiger partial charge in [0, 0.05) is 11.3 Å². The molecule has 2 rings (SSSR count). The van der Waals surface area contributed by atoms with Gasteiger partial charge in [-0.05, 0) is 56.2 Å². The quantitative estimate of drug-likeness (QED) is 0.788. The molecular weight excluding hydrogens is 352 g/mol. The molecule has 0 atom stereocenters. The van der Waals surface area contributed by atoms with Crippen molar-refractivity contribution in [2.75, 3.05) is 22.4 Å². The molecule has 0 radical (unpaired) electrons. The Morgan fingerprint density at radius 1 is 1.04 bits per heavy atom. The number of amides is 1. The van der Waals surface area contributed by atoms with Gasteiger partial charge in [0.05, 0.1) is 11.9 Å². The largest absolute Gasteiger partial charge is 0.324 e. The van der Waals surface area contributed by atoms with E-state index in [0.717, 1.165) is 21.7 Å². The summed E-state index contributed by atoms with van der Waals surface area (Å²) >= 11 is 0. The maximum atomic E-state index is 12.4. The first-order chi connectivity index (χ1) is 12.1. The summed E-state index contributed by atoms with van der Waals surface area (Å²) in [5, 5.41) is 2.64. The molecule has 0 bridgehead atoms. The van der Waals surface area contributed by atoms with E-state index in [2.05, 4.69) is 5.32 Å². The zero-order valence-electron chi connectivity index (χ0n) is 15.2. The van der Waals surface area contributed by atoms with Gasteiger partial charge in [-0.15, -0.1) is 0 Å². The van der Waals surface area contributed by atoms with Gasteiger partial charge in [-0.2, -0.15) is 0 Å². The van der Waals surface area contributed by atoms with E-state index in [9.17, 15) is 18.0 Å². The Hall–Kier alpha value is -2.67. The summed E-state index contributed by atoms with van der Waals surface area (Å²) in [5.74, 6) is -0.608. The molecule has 7 heteroatoms. The highest BCUT2D eigenvalue weighted by Crippen LogP contribution is 2.21. The van der Waals surface area contributed by atoms with E-state index < -0.39 is 15.9 Å². The summed E-state index contributed by atoms with van der Waals surface area (Å²) in [6, 6.07) is 11.7. The topological polar surface area (TPSA) is 83.6 Å². The number of carbonyl (C=O) groups excluding carboxylic acids is 2. The van der Waals surface area contributed by atoms with Crippen LogP contribution in [-0.4, -0.2) is 32.9 Å². The normalized spacial score (nSPS) is 11.1. The van der Waals surface area contributed by atoms with Crippen molar-refractivity contribution in [3.8, 4) is 0 Å². The van der Waals surface area contributed by atoms with E-state index in [1.165, 1.54) is 6.92 Å². The number of sulfonamides is 1. The van der Waals surface area contributed by atoms with E-state index in [1.54, 1.807) is 36.4 Å². The number of anilines is 2. The molecule has 0 aliphatic rings. The van der Waals surface area contributed by atoms with Crippen LogP contribution < -0.4 is 9.62 Å². The second-order valence-corrected chi connectivity index (χ2v) is 8.13. The molecule has 0 saturated heterocycles. The number of ketones is 1. The van der Waals surface area contributed by atoms with Gasteiger partial charge in [0.25, 0.3) is 0 Å². The fraction of sp³-hybridized carbons (Fsp3) is 0.263. The first-order valence-corrected chi connectivity index (χ1v) is 9.88. The van der Waals surface area contributed by atoms with Gasteiger partial charge in [0.15, 0.2) is 5.78 Å². The Morgan fingerprint density at radius 3 is 2.31 bits per heavy atom. The SMILES string of the molecule is CC(=O)c1cccc(NC(=O)CN(c2ccc(C)c(C)c2)S(C)(=O)=O)c1. The van der Waals surface area contributed by atoms with Crippen molar-refractivity contribution in [3.63, 3.8) is 0 Å². The van der Waals surface area contributed by atoms with Crippen molar-refractivity contribution < 1.29 is 18.0 Å². The standard InChI is InChI=1S/C19H22N2O4S/c1-13-8-9-18(10-14(13)2)21(26(4,24)25)12-19(23)20-17-7-5-6-16(11-17)15(3)22/h5-11H,12H2,1-4H3,(H,20,23). The number of carbonyl (C=O) groups is 2. The Morgan fingerprint density at radius 2 is 1.73 bits per heavy atom. The lowest BCUT2D eigenvalue weighted by Crippen LogP contribution is -2.37. The highest BCUT2D eigenvalue weighted by molar-refractivity contribution is 7.92. The molecule has 2 aromatic carbocycles. The van der Waals surface area contributed by atoms with Gasteiger partial charge >= 0.3 is 0 Å². The molecule has 6 nitrogen and oxygen atoms in total. The first kappa shape index (κ1) is 19.7. The zero-order chi connectivity index (χ0) is 19.5. The predicted molar refractivity (Wildman–Crippen MR) is 103 cm³/mol. The molecular formula is C19H22N2O4S. The molecule has 0 unspecified atom stereocenters. The summed E-state index contributed by atoms with van der Waals surface area (Å²) in [6.07, 6.45) is 1.06. The third kappa shape index (κ3) is 4.92. The number of Topliss-reactive ketones (excluding diaryl/α,β-unsaturated/α-hetero) is 1. The Kier molecular flexibility index (Phi) is 5.82. The molecule has 0 saturated carbocycles. The number of hydrogen-bond acceptors (Lipinski definition) is 4. The fourth-order valence-corrected chi connectivity index (χ4v) is 3.28. The summed E-state index contributed by atoms with van der Waals surface area (Å²) in [7, 11) is -3.64. The summed E-state index contributed by atoms with van der Waals surface area (Å²) in [5.41, 5.74) is 3.31. The van der Waals surface area contributed by atoms with E-state index in [0.29, 0.717) is 16.9 Å². The van der Waals surface area contributed by atoms with Gasteiger partial charge in [0.2, 0.25) is 15.9 Å². The van der Waals surface area contributed by atoms with E-state index in [4.69, 9.17) is 0 Å². The number of rotatable bonds is 6. The van der Waals surface area contributed by atoms with Crippen LogP contribution in [0.4, 0.5) is 11.4 Å². The average Bonchev–Trinajstić information content (AvgIpc) is 2.54. The monoisotopic (exact) mass is 374 g/mol. The molecule has 0 fully saturated rings. The van der Waals surface area contributed by atoms with Crippen molar-refractivity contribution in [3.05, 3.63) is 59.2 Å². The predicted octanol–water partition coefficient (Wildman–Crippen LogP) is 2.91. The Bertz CT molecular complexity index is 952. The lowest BCUT2D eigenvalue weighted by atomic mass is 10.1. The molecule has 0 aliphatic heterocycles. The number of nitrogens with zero attached hydrogens (tertiary/aromatic N) is 1. The lowest BCUT2D eigenvalue weighted by Gasteiger charge is -2.22. The van der Waals surface area contributed by atoms with E-state index in [1.807, 2.05) is 19.9 Å². The molecule has 1 amide bonds. The summed E-state index contributed by atoms with van der Waals surface area (Å²) in [4.78, 5) is 23.8. The maximum absolute atomic E-state index is 12.4. The summed E-state index contributed by atoms with van der Waals surface area (Å²) in [6.45, 7) is 4.89. The maximum Gasteiger partial charge on any atom is 0.245 e. The Labute approximate surface area is 153 Å². The van der Waals surface area contributed by atoms with Gasteiger partial charge < -0.3 is 5.32 Å².